The zero-order valence-electron chi connectivity index (χ0n) is 15.5. The smallest absolute Gasteiger partial charge is 0.319 e. The number of hydrogen-bond acceptors (Lipinski definition) is 3. The molecule has 6 nitrogen and oxygen atoms in total. The number of amides is 3. The standard InChI is InChI=1S/C20H25N3O3/c1-13(14-5-7-15(8-6-14)18(24)23-26)21-19(25)22-17-11-9-16(10-12-17)20(2,3)4/h5-13,26H,1-4H3,(H,23,24)(H2,21,22,25). The normalized spacial score (nSPS) is 12.2. The minimum absolute atomic E-state index is 0.0639. The molecule has 138 valence electrons. The second kappa shape index (κ2) is 8.01. The van der Waals surface area contributed by atoms with E-state index < -0.39 is 5.91 Å². The van der Waals surface area contributed by atoms with E-state index in [0.717, 1.165) is 11.3 Å². The van der Waals surface area contributed by atoms with E-state index in [1.165, 1.54) is 5.56 Å². The lowest BCUT2D eigenvalue weighted by Crippen LogP contribution is -2.31. The largest absolute Gasteiger partial charge is 0.331 e. The second-order valence-corrected chi connectivity index (χ2v) is 7.21. The minimum atomic E-state index is -0.575. The highest BCUT2D eigenvalue weighted by atomic mass is 16.5. The van der Waals surface area contributed by atoms with Gasteiger partial charge in [0.2, 0.25) is 0 Å². The predicted octanol–water partition coefficient (Wildman–Crippen LogP) is 3.99. The van der Waals surface area contributed by atoms with E-state index in [0.29, 0.717) is 5.56 Å². The molecule has 2 aromatic rings. The summed E-state index contributed by atoms with van der Waals surface area (Å²) >= 11 is 0. The quantitative estimate of drug-likeness (QED) is 0.494. The minimum Gasteiger partial charge on any atom is -0.331 e. The van der Waals surface area contributed by atoms with Crippen LogP contribution in [0.2, 0.25) is 0 Å². The molecule has 26 heavy (non-hydrogen) atoms. The van der Waals surface area contributed by atoms with Crippen molar-refractivity contribution in [3.05, 3.63) is 65.2 Å². The van der Waals surface area contributed by atoms with Crippen molar-refractivity contribution in [2.75, 3.05) is 5.32 Å². The van der Waals surface area contributed by atoms with Gasteiger partial charge in [-0.15, -0.1) is 0 Å². The van der Waals surface area contributed by atoms with Gasteiger partial charge in [-0.1, -0.05) is 45.0 Å². The fourth-order valence-corrected chi connectivity index (χ4v) is 2.49. The number of nitrogens with one attached hydrogen (secondary N) is 3. The zero-order valence-corrected chi connectivity index (χ0v) is 15.5. The molecule has 0 bridgehead atoms. The van der Waals surface area contributed by atoms with Crippen LogP contribution in [0.4, 0.5) is 10.5 Å². The Kier molecular flexibility index (Phi) is 6.00. The molecule has 0 aliphatic heterocycles. The Balaban J connectivity index is 1.95. The summed E-state index contributed by atoms with van der Waals surface area (Å²) in [5, 5.41) is 14.3. The van der Waals surface area contributed by atoms with Gasteiger partial charge in [0.1, 0.15) is 0 Å². The first-order valence-corrected chi connectivity index (χ1v) is 8.43. The molecule has 6 heteroatoms. The van der Waals surface area contributed by atoms with Crippen LogP contribution in [0.3, 0.4) is 0 Å². The predicted molar refractivity (Wildman–Crippen MR) is 101 cm³/mol. The molecular formula is C20H25N3O3. The molecule has 1 atom stereocenters. The molecule has 0 saturated carbocycles. The zero-order chi connectivity index (χ0) is 19.3. The number of hydroxylamine groups is 1. The van der Waals surface area contributed by atoms with E-state index in [1.54, 1.807) is 29.7 Å². The lowest BCUT2D eigenvalue weighted by molar-refractivity contribution is 0.0706. The third-order valence-corrected chi connectivity index (χ3v) is 4.13. The average Bonchev–Trinajstić information content (AvgIpc) is 2.60. The summed E-state index contributed by atoms with van der Waals surface area (Å²) in [6.07, 6.45) is 0. The summed E-state index contributed by atoms with van der Waals surface area (Å²) < 4.78 is 0. The first kappa shape index (κ1) is 19.5. The molecule has 0 aromatic heterocycles. The number of rotatable bonds is 4. The maximum atomic E-state index is 12.2. The molecule has 3 amide bonds. The summed E-state index contributed by atoms with van der Waals surface area (Å²) in [5.41, 5.74) is 4.75. The monoisotopic (exact) mass is 355 g/mol. The molecule has 0 saturated heterocycles. The summed E-state index contributed by atoms with van der Waals surface area (Å²) in [7, 11) is 0. The van der Waals surface area contributed by atoms with Crippen molar-refractivity contribution in [1.82, 2.24) is 10.8 Å². The van der Waals surface area contributed by atoms with Gasteiger partial charge >= 0.3 is 6.03 Å². The van der Waals surface area contributed by atoms with Gasteiger partial charge in [-0.2, -0.15) is 0 Å². The van der Waals surface area contributed by atoms with E-state index in [1.807, 2.05) is 31.2 Å². The van der Waals surface area contributed by atoms with Gasteiger partial charge in [-0.3, -0.25) is 10.0 Å². The van der Waals surface area contributed by atoms with Crippen LogP contribution in [-0.4, -0.2) is 17.1 Å². The van der Waals surface area contributed by atoms with Gasteiger partial charge < -0.3 is 10.6 Å². The van der Waals surface area contributed by atoms with Crippen LogP contribution in [0.1, 0.15) is 55.2 Å². The highest BCUT2D eigenvalue weighted by Gasteiger charge is 2.14. The van der Waals surface area contributed by atoms with Gasteiger partial charge in [0, 0.05) is 11.3 Å². The molecule has 0 aliphatic rings. The third-order valence-electron chi connectivity index (χ3n) is 4.13. The summed E-state index contributed by atoms with van der Waals surface area (Å²) in [6.45, 7) is 8.27. The van der Waals surface area contributed by atoms with Gasteiger partial charge in [0.15, 0.2) is 0 Å². The number of hydrogen-bond donors (Lipinski definition) is 4. The van der Waals surface area contributed by atoms with Gasteiger partial charge in [0.05, 0.1) is 6.04 Å². The molecule has 4 N–H and O–H groups in total. The second-order valence-electron chi connectivity index (χ2n) is 7.21. The Morgan fingerprint density at radius 3 is 2.04 bits per heavy atom. The molecule has 2 rings (SSSR count). The van der Waals surface area contributed by atoms with Crippen molar-refractivity contribution < 1.29 is 14.8 Å². The molecule has 1 unspecified atom stereocenters. The maximum absolute atomic E-state index is 12.2. The van der Waals surface area contributed by atoms with Crippen LogP contribution >= 0.6 is 0 Å². The van der Waals surface area contributed by atoms with Gasteiger partial charge in [0.25, 0.3) is 5.91 Å². The van der Waals surface area contributed by atoms with Crippen molar-refractivity contribution in [2.24, 2.45) is 0 Å². The van der Waals surface area contributed by atoms with Crippen LogP contribution in [0.25, 0.3) is 0 Å². The Morgan fingerprint density at radius 2 is 1.54 bits per heavy atom. The van der Waals surface area contributed by atoms with Crippen molar-refractivity contribution in [3.63, 3.8) is 0 Å². The fourth-order valence-electron chi connectivity index (χ4n) is 2.49. The Hall–Kier alpha value is -2.86. The Morgan fingerprint density at radius 1 is 0.962 bits per heavy atom. The van der Waals surface area contributed by atoms with Crippen molar-refractivity contribution in [2.45, 2.75) is 39.2 Å². The molecule has 0 heterocycles. The fraction of sp³-hybridized carbons (Fsp3) is 0.300. The van der Waals surface area contributed by atoms with E-state index in [2.05, 4.69) is 31.4 Å². The molecule has 2 aromatic carbocycles. The Bertz CT molecular complexity index is 762. The third kappa shape index (κ3) is 5.07. The SMILES string of the molecule is CC(NC(=O)Nc1ccc(C(C)(C)C)cc1)c1ccc(C(=O)NO)cc1. The number of benzene rings is 2. The lowest BCUT2D eigenvalue weighted by atomic mass is 9.87. The first-order valence-electron chi connectivity index (χ1n) is 8.43. The maximum Gasteiger partial charge on any atom is 0.319 e. The molecule has 0 aliphatic carbocycles. The molecule has 0 fully saturated rings. The van der Waals surface area contributed by atoms with Crippen LogP contribution in [0, 0.1) is 0 Å². The van der Waals surface area contributed by atoms with Gasteiger partial charge in [-0.05, 0) is 47.7 Å². The number of carbonyl (C=O) groups excluding carboxylic acids is 2. The summed E-state index contributed by atoms with van der Waals surface area (Å²) in [6, 6.07) is 13.9. The highest BCUT2D eigenvalue weighted by Crippen LogP contribution is 2.23. The molecule has 0 radical (unpaired) electrons. The van der Waals surface area contributed by atoms with E-state index in [9.17, 15) is 9.59 Å². The first-order chi connectivity index (χ1) is 12.2. The van der Waals surface area contributed by atoms with E-state index >= 15 is 0 Å². The van der Waals surface area contributed by atoms with Crippen molar-refractivity contribution in [1.29, 1.82) is 0 Å². The number of anilines is 1. The average molecular weight is 355 g/mol. The van der Waals surface area contributed by atoms with Crippen LogP contribution in [0.5, 0.6) is 0 Å². The summed E-state index contributed by atoms with van der Waals surface area (Å²) in [5.74, 6) is -0.575. The van der Waals surface area contributed by atoms with Crippen LogP contribution < -0.4 is 16.1 Å². The van der Waals surface area contributed by atoms with Crippen molar-refractivity contribution >= 4 is 17.6 Å². The van der Waals surface area contributed by atoms with E-state index in [4.69, 9.17) is 5.21 Å². The topological polar surface area (TPSA) is 90.5 Å². The summed E-state index contributed by atoms with van der Waals surface area (Å²) in [4.78, 5) is 23.5. The van der Waals surface area contributed by atoms with Crippen LogP contribution in [0.15, 0.2) is 48.5 Å². The highest BCUT2D eigenvalue weighted by molar-refractivity contribution is 5.93. The van der Waals surface area contributed by atoms with Crippen LogP contribution in [-0.2, 0) is 5.41 Å². The molecule has 0 spiro atoms. The number of carbonyl (C=O) groups is 2. The van der Waals surface area contributed by atoms with Gasteiger partial charge in [-0.25, -0.2) is 10.3 Å². The lowest BCUT2D eigenvalue weighted by Gasteiger charge is -2.19. The number of urea groups is 1. The molecular weight excluding hydrogens is 330 g/mol. The van der Waals surface area contributed by atoms with Crippen molar-refractivity contribution in [3.8, 4) is 0 Å². The Labute approximate surface area is 153 Å². The van der Waals surface area contributed by atoms with E-state index in [-0.39, 0.29) is 17.5 Å².